The Morgan fingerprint density at radius 2 is 1.85 bits per heavy atom. The van der Waals surface area contributed by atoms with Gasteiger partial charge in [-0.15, -0.1) is 0 Å². The summed E-state index contributed by atoms with van der Waals surface area (Å²) in [6.07, 6.45) is 1.54. The van der Waals surface area contributed by atoms with Crippen molar-refractivity contribution in [3.05, 3.63) is 78.3 Å². The normalized spacial score (nSPS) is 10.1. The minimum Gasteiger partial charge on any atom is -0.497 e. The Morgan fingerprint density at radius 1 is 1.00 bits per heavy atom. The van der Waals surface area contributed by atoms with Crippen LogP contribution in [0.2, 0.25) is 0 Å². The van der Waals surface area contributed by atoms with E-state index in [0.29, 0.717) is 28.4 Å². The van der Waals surface area contributed by atoms with Crippen molar-refractivity contribution in [1.82, 2.24) is 5.32 Å². The Balaban J connectivity index is 1.65. The molecule has 7 heteroatoms. The molecule has 1 aromatic heterocycles. The molecule has 0 saturated carbocycles. The average Bonchev–Trinajstić information content (AvgIpc) is 3.20. The van der Waals surface area contributed by atoms with Crippen LogP contribution in [0.4, 0.5) is 16.2 Å². The van der Waals surface area contributed by atoms with E-state index in [-0.39, 0.29) is 12.5 Å². The fourth-order valence-electron chi connectivity index (χ4n) is 2.45. The van der Waals surface area contributed by atoms with Gasteiger partial charge in [-0.2, -0.15) is 0 Å². The van der Waals surface area contributed by atoms with Crippen LogP contribution in [0.3, 0.4) is 0 Å². The molecule has 27 heavy (non-hydrogen) atoms. The molecular weight excluding hydrogens is 346 g/mol. The summed E-state index contributed by atoms with van der Waals surface area (Å²) >= 11 is 0. The van der Waals surface area contributed by atoms with Gasteiger partial charge in [-0.05, 0) is 36.4 Å². The minimum atomic E-state index is -0.463. The molecule has 0 aliphatic heterocycles. The second-order valence-corrected chi connectivity index (χ2v) is 5.62. The van der Waals surface area contributed by atoms with E-state index < -0.39 is 6.03 Å². The molecule has 7 nitrogen and oxygen atoms in total. The van der Waals surface area contributed by atoms with Crippen LogP contribution in [0.1, 0.15) is 16.1 Å². The van der Waals surface area contributed by atoms with E-state index >= 15 is 0 Å². The molecule has 0 unspecified atom stereocenters. The first-order valence-corrected chi connectivity index (χ1v) is 8.27. The highest BCUT2D eigenvalue weighted by Gasteiger charge is 2.13. The molecule has 0 fully saturated rings. The second kappa shape index (κ2) is 8.57. The SMILES string of the molecule is COc1cccc(NC(=O)Nc2ccccc2C(=O)NCc2ccco2)c1. The monoisotopic (exact) mass is 365 g/mol. The number of hydrogen-bond acceptors (Lipinski definition) is 4. The summed E-state index contributed by atoms with van der Waals surface area (Å²) in [4.78, 5) is 24.7. The molecule has 2 aromatic carbocycles. The van der Waals surface area contributed by atoms with E-state index in [2.05, 4.69) is 16.0 Å². The number of carbonyl (C=O) groups excluding carboxylic acids is 2. The molecule has 138 valence electrons. The molecular formula is C20H19N3O4. The summed E-state index contributed by atoms with van der Waals surface area (Å²) in [5.41, 5.74) is 1.33. The number of urea groups is 1. The molecule has 3 N–H and O–H groups in total. The third-order valence-corrected chi connectivity index (χ3v) is 3.75. The Kier molecular flexibility index (Phi) is 5.73. The van der Waals surface area contributed by atoms with Crippen LogP contribution in [0.15, 0.2) is 71.3 Å². The molecule has 0 spiro atoms. The first kappa shape index (κ1) is 18.1. The molecule has 0 aliphatic rings. The zero-order chi connectivity index (χ0) is 19.1. The number of carbonyl (C=O) groups is 2. The van der Waals surface area contributed by atoms with E-state index in [1.165, 1.54) is 0 Å². The molecule has 0 aliphatic carbocycles. The molecule has 3 rings (SSSR count). The summed E-state index contributed by atoms with van der Waals surface area (Å²) in [7, 11) is 1.55. The third kappa shape index (κ3) is 4.88. The predicted octanol–water partition coefficient (Wildman–Crippen LogP) is 3.86. The lowest BCUT2D eigenvalue weighted by atomic mass is 10.1. The van der Waals surface area contributed by atoms with Crippen LogP contribution in [0, 0.1) is 0 Å². The number of rotatable bonds is 6. The highest BCUT2D eigenvalue weighted by Crippen LogP contribution is 2.19. The third-order valence-electron chi connectivity index (χ3n) is 3.75. The highest BCUT2D eigenvalue weighted by molar-refractivity contribution is 6.06. The molecule has 0 bridgehead atoms. The van der Waals surface area contributed by atoms with Gasteiger partial charge in [-0.3, -0.25) is 4.79 Å². The van der Waals surface area contributed by atoms with Crippen molar-refractivity contribution in [2.45, 2.75) is 6.54 Å². The fraction of sp³-hybridized carbons (Fsp3) is 0.100. The number of amides is 3. The largest absolute Gasteiger partial charge is 0.497 e. The summed E-state index contributed by atoms with van der Waals surface area (Å²) < 4.78 is 10.3. The van der Waals surface area contributed by atoms with Crippen molar-refractivity contribution in [1.29, 1.82) is 0 Å². The Bertz CT molecular complexity index is 922. The van der Waals surface area contributed by atoms with Crippen molar-refractivity contribution < 1.29 is 18.7 Å². The van der Waals surface area contributed by atoms with Gasteiger partial charge in [0, 0.05) is 11.8 Å². The van der Waals surface area contributed by atoms with E-state index in [1.807, 2.05) is 0 Å². The Hall–Kier alpha value is -3.74. The Labute approximate surface area is 156 Å². The number of benzene rings is 2. The summed E-state index contributed by atoms with van der Waals surface area (Å²) in [5, 5.41) is 8.16. The van der Waals surface area contributed by atoms with Crippen LogP contribution < -0.4 is 20.7 Å². The minimum absolute atomic E-state index is 0.260. The van der Waals surface area contributed by atoms with Gasteiger partial charge < -0.3 is 25.1 Å². The Morgan fingerprint density at radius 3 is 2.63 bits per heavy atom. The number of furan rings is 1. The van der Waals surface area contributed by atoms with Gasteiger partial charge in [-0.1, -0.05) is 18.2 Å². The van der Waals surface area contributed by atoms with Gasteiger partial charge >= 0.3 is 6.03 Å². The first-order valence-electron chi connectivity index (χ1n) is 8.27. The predicted molar refractivity (Wildman–Crippen MR) is 102 cm³/mol. The lowest BCUT2D eigenvalue weighted by molar-refractivity contribution is 0.0949. The van der Waals surface area contributed by atoms with Gasteiger partial charge in [-0.25, -0.2) is 4.79 Å². The molecule has 3 amide bonds. The number of anilines is 2. The van der Waals surface area contributed by atoms with Crippen molar-refractivity contribution in [2.75, 3.05) is 17.7 Å². The highest BCUT2D eigenvalue weighted by atomic mass is 16.5. The smallest absolute Gasteiger partial charge is 0.323 e. The van der Waals surface area contributed by atoms with E-state index in [9.17, 15) is 9.59 Å². The number of nitrogens with one attached hydrogen (secondary N) is 3. The standard InChI is InChI=1S/C20H19N3O4/c1-26-15-7-4-6-14(12-15)22-20(25)23-18-10-3-2-9-17(18)19(24)21-13-16-8-5-11-27-16/h2-12H,13H2,1H3,(H,21,24)(H2,22,23,25). The first-order chi connectivity index (χ1) is 13.2. The number of ether oxygens (including phenoxy) is 1. The van der Waals surface area contributed by atoms with E-state index in [4.69, 9.17) is 9.15 Å². The number of hydrogen-bond donors (Lipinski definition) is 3. The average molecular weight is 365 g/mol. The second-order valence-electron chi connectivity index (χ2n) is 5.62. The van der Waals surface area contributed by atoms with Gasteiger partial charge in [0.1, 0.15) is 11.5 Å². The van der Waals surface area contributed by atoms with Crippen LogP contribution in [0.25, 0.3) is 0 Å². The van der Waals surface area contributed by atoms with Crippen molar-refractivity contribution >= 4 is 23.3 Å². The molecule has 0 radical (unpaired) electrons. The maximum absolute atomic E-state index is 12.4. The maximum Gasteiger partial charge on any atom is 0.323 e. The van der Waals surface area contributed by atoms with E-state index in [0.717, 1.165) is 0 Å². The van der Waals surface area contributed by atoms with Crippen LogP contribution in [-0.4, -0.2) is 19.0 Å². The number of para-hydroxylation sites is 1. The van der Waals surface area contributed by atoms with Crippen molar-refractivity contribution in [2.24, 2.45) is 0 Å². The van der Waals surface area contributed by atoms with Crippen LogP contribution >= 0.6 is 0 Å². The zero-order valence-corrected chi connectivity index (χ0v) is 14.7. The topological polar surface area (TPSA) is 92.6 Å². The maximum atomic E-state index is 12.4. The van der Waals surface area contributed by atoms with Gasteiger partial charge in [0.15, 0.2) is 0 Å². The number of methoxy groups -OCH3 is 1. The van der Waals surface area contributed by atoms with E-state index in [1.54, 1.807) is 74.0 Å². The van der Waals surface area contributed by atoms with Crippen molar-refractivity contribution in [3.8, 4) is 5.75 Å². The fourth-order valence-corrected chi connectivity index (χ4v) is 2.45. The zero-order valence-electron chi connectivity index (χ0n) is 14.7. The molecule has 3 aromatic rings. The molecule has 0 saturated heterocycles. The molecule has 0 atom stereocenters. The summed E-state index contributed by atoms with van der Waals surface area (Å²) in [6.45, 7) is 0.260. The lowest BCUT2D eigenvalue weighted by Gasteiger charge is -2.12. The summed E-state index contributed by atoms with van der Waals surface area (Å²) in [5.74, 6) is 0.957. The molecule has 1 heterocycles. The van der Waals surface area contributed by atoms with Crippen molar-refractivity contribution in [3.63, 3.8) is 0 Å². The van der Waals surface area contributed by atoms with Gasteiger partial charge in [0.25, 0.3) is 5.91 Å². The van der Waals surface area contributed by atoms with Gasteiger partial charge in [0.05, 0.1) is 31.2 Å². The quantitative estimate of drug-likeness (QED) is 0.618. The van der Waals surface area contributed by atoms with Crippen LogP contribution in [0.5, 0.6) is 5.75 Å². The van der Waals surface area contributed by atoms with Gasteiger partial charge in [0.2, 0.25) is 0 Å². The van der Waals surface area contributed by atoms with Crippen LogP contribution in [-0.2, 0) is 6.54 Å². The summed E-state index contributed by atoms with van der Waals surface area (Å²) in [6, 6.07) is 16.8. The lowest BCUT2D eigenvalue weighted by Crippen LogP contribution is -2.26.